The van der Waals surface area contributed by atoms with Crippen molar-refractivity contribution in [2.75, 3.05) is 0 Å². The molecule has 0 aliphatic heterocycles. The van der Waals surface area contributed by atoms with Crippen molar-refractivity contribution >= 4 is 53.1 Å². The van der Waals surface area contributed by atoms with E-state index in [1.54, 1.807) is 0 Å². The van der Waals surface area contributed by atoms with E-state index in [4.69, 9.17) is 0 Å². The molecule has 1 heterocycles. The lowest BCUT2D eigenvalue weighted by Crippen LogP contribution is -1.77. The highest BCUT2D eigenvalue weighted by molar-refractivity contribution is 7.26. The summed E-state index contributed by atoms with van der Waals surface area (Å²) < 4.78 is 2.77. The number of thiophene rings is 1. The lowest BCUT2D eigenvalue weighted by atomic mass is 10.0. The fourth-order valence-electron chi connectivity index (χ4n) is 3.27. The predicted molar refractivity (Wildman–Crippen MR) is 94.3 cm³/mol. The van der Waals surface area contributed by atoms with Crippen molar-refractivity contribution in [3.05, 3.63) is 72.8 Å². The molecule has 1 heteroatoms. The Kier molecular flexibility index (Phi) is 2.18. The highest BCUT2D eigenvalue weighted by atomic mass is 32.1. The third kappa shape index (κ3) is 1.50. The van der Waals surface area contributed by atoms with Crippen LogP contribution < -0.4 is 0 Å². The molecule has 0 radical (unpaired) electrons. The smallest absolute Gasteiger partial charge is 0.0434 e. The molecule has 0 bridgehead atoms. The maximum Gasteiger partial charge on any atom is 0.0434 e. The van der Waals surface area contributed by atoms with E-state index in [0.29, 0.717) is 0 Å². The van der Waals surface area contributed by atoms with Crippen LogP contribution in [0.4, 0.5) is 0 Å². The van der Waals surface area contributed by atoms with E-state index in [-0.39, 0.29) is 0 Å². The van der Waals surface area contributed by atoms with Crippen molar-refractivity contribution in [3.8, 4) is 0 Å². The Morgan fingerprint density at radius 3 is 2.10 bits per heavy atom. The van der Waals surface area contributed by atoms with E-state index < -0.39 is 0 Å². The van der Waals surface area contributed by atoms with Crippen LogP contribution in [0, 0.1) is 0 Å². The van der Waals surface area contributed by atoms with Gasteiger partial charge in [-0.1, -0.05) is 66.7 Å². The lowest BCUT2D eigenvalue weighted by Gasteiger charge is -2.04. The van der Waals surface area contributed by atoms with Crippen molar-refractivity contribution in [1.82, 2.24) is 0 Å². The van der Waals surface area contributed by atoms with Gasteiger partial charge in [-0.05, 0) is 22.2 Å². The van der Waals surface area contributed by atoms with Gasteiger partial charge in [-0.2, -0.15) is 0 Å². The molecule has 0 aliphatic carbocycles. The van der Waals surface area contributed by atoms with Crippen LogP contribution in [0.5, 0.6) is 0 Å². The van der Waals surface area contributed by atoms with Crippen LogP contribution in [0.2, 0.25) is 0 Å². The molecular weight excluding hydrogens is 272 g/mol. The minimum atomic E-state index is 1.31. The van der Waals surface area contributed by atoms with Gasteiger partial charge in [0.15, 0.2) is 0 Å². The Balaban J connectivity index is 2.07. The first-order valence-electron chi connectivity index (χ1n) is 7.13. The van der Waals surface area contributed by atoms with Crippen molar-refractivity contribution < 1.29 is 0 Å². The second-order valence-corrected chi connectivity index (χ2v) is 6.47. The Bertz CT molecular complexity index is 1130. The third-order valence-electron chi connectivity index (χ3n) is 4.27. The predicted octanol–water partition coefficient (Wildman–Crippen LogP) is 6.36. The van der Waals surface area contributed by atoms with Crippen LogP contribution >= 0.6 is 11.3 Å². The van der Waals surface area contributed by atoms with E-state index in [1.165, 1.54) is 41.7 Å². The molecule has 0 N–H and O–H groups in total. The summed E-state index contributed by atoms with van der Waals surface area (Å²) in [5.74, 6) is 0. The zero-order valence-electron chi connectivity index (χ0n) is 11.3. The molecule has 21 heavy (non-hydrogen) atoms. The van der Waals surface area contributed by atoms with Crippen LogP contribution in [-0.4, -0.2) is 0 Å². The van der Waals surface area contributed by atoms with Crippen molar-refractivity contribution in [2.24, 2.45) is 0 Å². The molecule has 0 saturated heterocycles. The summed E-state index contributed by atoms with van der Waals surface area (Å²) in [6.07, 6.45) is 0. The van der Waals surface area contributed by atoms with Gasteiger partial charge in [0.25, 0.3) is 0 Å². The van der Waals surface area contributed by atoms with Gasteiger partial charge >= 0.3 is 0 Å². The summed E-state index contributed by atoms with van der Waals surface area (Å²) in [6, 6.07) is 26.4. The van der Waals surface area contributed by atoms with Crippen molar-refractivity contribution in [3.63, 3.8) is 0 Å². The third-order valence-corrected chi connectivity index (χ3v) is 5.49. The summed E-state index contributed by atoms with van der Waals surface area (Å²) in [5.41, 5.74) is 0. The number of rotatable bonds is 0. The van der Waals surface area contributed by atoms with Crippen molar-refractivity contribution in [2.45, 2.75) is 0 Å². The van der Waals surface area contributed by atoms with Gasteiger partial charge in [0.1, 0.15) is 0 Å². The average Bonchev–Trinajstić information content (AvgIpc) is 2.93. The van der Waals surface area contributed by atoms with Crippen LogP contribution in [0.25, 0.3) is 41.7 Å². The maximum absolute atomic E-state index is 2.28. The van der Waals surface area contributed by atoms with Gasteiger partial charge < -0.3 is 0 Å². The molecule has 0 amide bonds. The first-order valence-corrected chi connectivity index (χ1v) is 7.95. The Labute approximate surface area is 126 Å². The zero-order chi connectivity index (χ0) is 13.8. The molecule has 0 unspecified atom stereocenters. The first-order chi connectivity index (χ1) is 10.4. The Hall–Kier alpha value is -2.38. The largest absolute Gasteiger partial charge is 0.135 e. The van der Waals surface area contributed by atoms with Gasteiger partial charge in [-0.15, -0.1) is 11.3 Å². The van der Waals surface area contributed by atoms with Gasteiger partial charge in [0.2, 0.25) is 0 Å². The number of hydrogen-bond acceptors (Lipinski definition) is 1. The lowest BCUT2D eigenvalue weighted by molar-refractivity contribution is 1.80. The summed E-state index contributed by atoms with van der Waals surface area (Å²) in [6.45, 7) is 0. The number of fused-ring (bicyclic) bond motifs is 7. The van der Waals surface area contributed by atoms with E-state index in [9.17, 15) is 0 Å². The number of benzene rings is 4. The van der Waals surface area contributed by atoms with Gasteiger partial charge in [-0.3, -0.25) is 0 Å². The minimum Gasteiger partial charge on any atom is -0.135 e. The average molecular weight is 284 g/mol. The second kappa shape index (κ2) is 4.06. The molecule has 0 nitrogen and oxygen atoms in total. The molecule has 4 aromatic carbocycles. The van der Waals surface area contributed by atoms with E-state index in [0.717, 1.165) is 0 Å². The van der Waals surface area contributed by atoms with Gasteiger partial charge in [0.05, 0.1) is 0 Å². The molecule has 98 valence electrons. The van der Waals surface area contributed by atoms with Crippen LogP contribution in [0.15, 0.2) is 72.8 Å². The monoisotopic (exact) mass is 284 g/mol. The van der Waals surface area contributed by atoms with Crippen molar-refractivity contribution in [1.29, 1.82) is 0 Å². The molecule has 1 aromatic heterocycles. The van der Waals surface area contributed by atoms with Gasteiger partial charge in [-0.25, -0.2) is 0 Å². The molecule has 5 aromatic rings. The Morgan fingerprint density at radius 2 is 1.14 bits per heavy atom. The SMILES string of the molecule is c1ccc2c(c1)ccc1c2ccc2c3ccccc3sc21. The van der Waals surface area contributed by atoms with Crippen LogP contribution in [-0.2, 0) is 0 Å². The quantitative estimate of drug-likeness (QED) is 0.290. The maximum atomic E-state index is 2.28. The van der Waals surface area contributed by atoms with Crippen LogP contribution in [0.1, 0.15) is 0 Å². The second-order valence-electron chi connectivity index (χ2n) is 5.42. The van der Waals surface area contributed by atoms with E-state index in [1.807, 2.05) is 11.3 Å². The molecule has 0 atom stereocenters. The fourth-order valence-corrected chi connectivity index (χ4v) is 4.50. The minimum absolute atomic E-state index is 1.31. The van der Waals surface area contributed by atoms with Gasteiger partial charge in [0, 0.05) is 25.6 Å². The molecule has 0 fully saturated rings. The molecular formula is C20H12S. The highest BCUT2D eigenvalue weighted by Gasteiger charge is 2.09. The van der Waals surface area contributed by atoms with E-state index in [2.05, 4.69) is 72.8 Å². The highest BCUT2D eigenvalue weighted by Crippen LogP contribution is 2.39. The molecule has 0 spiro atoms. The summed E-state index contributed by atoms with van der Waals surface area (Å²) in [7, 11) is 0. The molecule has 5 rings (SSSR count). The topological polar surface area (TPSA) is 0 Å². The standard InChI is InChI=1S/C20H12S/c1-2-6-14-13(5-1)9-10-17-15(14)11-12-18-16-7-3-4-8-19(16)21-20(17)18/h1-12H. The summed E-state index contributed by atoms with van der Waals surface area (Å²) in [5, 5.41) is 8.12. The number of hydrogen-bond donors (Lipinski definition) is 0. The van der Waals surface area contributed by atoms with Crippen LogP contribution in [0.3, 0.4) is 0 Å². The Morgan fingerprint density at radius 1 is 0.476 bits per heavy atom. The summed E-state index contributed by atoms with van der Waals surface area (Å²) >= 11 is 1.90. The molecule has 0 aliphatic rings. The normalized spacial score (nSPS) is 11.8. The molecule has 0 saturated carbocycles. The fraction of sp³-hybridized carbons (Fsp3) is 0. The first kappa shape index (κ1) is 11.3. The zero-order valence-corrected chi connectivity index (χ0v) is 12.2. The van der Waals surface area contributed by atoms with E-state index >= 15 is 0 Å². The summed E-state index contributed by atoms with van der Waals surface area (Å²) in [4.78, 5) is 0.